The first kappa shape index (κ1) is 11.9. The molecule has 2 heterocycles. The Morgan fingerprint density at radius 3 is 2.81 bits per heavy atom. The third-order valence-electron chi connectivity index (χ3n) is 3.04. The maximum atomic E-state index is 4.53. The van der Waals surface area contributed by atoms with Gasteiger partial charge in [-0.1, -0.05) is 0 Å². The Morgan fingerprint density at radius 1 is 1.25 bits per heavy atom. The number of anilines is 1. The molecule has 0 saturated carbocycles. The Labute approximate surface area is 106 Å². The number of aromatic nitrogens is 1. The maximum absolute atomic E-state index is 4.53. The normalized spacial score (nSPS) is 18.6. The summed E-state index contributed by atoms with van der Waals surface area (Å²) in [6.07, 6.45) is 3.10. The smallest absolute Gasteiger partial charge is 0.131 e. The topological polar surface area (TPSA) is 19.4 Å². The molecule has 0 atom stereocenters. The van der Waals surface area contributed by atoms with Crippen molar-refractivity contribution in [2.75, 3.05) is 38.1 Å². The number of halogens is 1. The van der Waals surface area contributed by atoms with E-state index in [1.807, 2.05) is 6.20 Å². The molecule has 3 nitrogen and oxygen atoms in total. The lowest BCUT2D eigenvalue weighted by molar-refractivity contribution is 0.360. The van der Waals surface area contributed by atoms with E-state index in [2.05, 4.69) is 50.8 Å². The first-order chi connectivity index (χ1) is 7.66. The molecule has 1 aliphatic rings. The molecular weight excluding hydrogens is 266 g/mol. The monoisotopic (exact) mass is 283 g/mol. The Bertz CT molecular complexity index is 367. The number of rotatable bonds is 1. The van der Waals surface area contributed by atoms with Gasteiger partial charge in [0, 0.05) is 30.3 Å². The van der Waals surface area contributed by atoms with Gasteiger partial charge in [0.1, 0.15) is 5.82 Å². The average Bonchev–Trinajstić information content (AvgIpc) is 2.43. The maximum Gasteiger partial charge on any atom is 0.131 e. The number of nitrogens with zero attached hydrogens (tertiary/aromatic N) is 3. The fourth-order valence-electron chi connectivity index (χ4n) is 2.12. The molecule has 0 aromatic carbocycles. The molecule has 0 bridgehead atoms. The van der Waals surface area contributed by atoms with Gasteiger partial charge in [-0.05, 0) is 54.5 Å². The molecule has 0 N–H and O–H groups in total. The Balaban J connectivity index is 2.16. The van der Waals surface area contributed by atoms with E-state index in [1.54, 1.807) is 0 Å². The lowest BCUT2D eigenvalue weighted by atomic mass is 10.2. The van der Waals surface area contributed by atoms with Crippen molar-refractivity contribution in [3.63, 3.8) is 0 Å². The summed E-state index contributed by atoms with van der Waals surface area (Å²) in [6.45, 7) is 6.62. The van der Waals surface area contributed by atoms with Crippen LogP contribution in [0.25, 0.3) is 0 Å². The molecule has 1 fully saturated rings. The quantitative estimate of drug-likeness (QED) is 0.789. The molecule has 2 rings (SSSR count). The van der Waals surface area contributed by atoms with E-state index in [1.165, 1.54) is 18.5 Å². The van der Waals surface area contributed by atoms with Crippen LogP contribution in [0, 0.1) is 6.92 Å². The second-order valence-electron chi connectivity index (χ2n) is 4.44. The number of pyridine rings is 1. The van der Waals surface area contributed by atoms with Crippen molar-refractivity contribution in [2.45, 2.75) is 13.3 Å². The van der Waals surface area contributed by atoms with Crippen LogP contribution in [-0.2, 0) is 0 Å². The predicted octanol–water partition coefficient (Wildman–Crippen LogP) is 2.29. The van der Waals surface area contributed by atoms with Crippen LogP contribution in [0.5, 0.6) is 0 Å². The molecule has 0 amide bonds. The van der Waals surface area contributed by atoms with Crippen LogP contribution in [0.2, 0.25) is 0 Å². The highest BCUT2D eigenvalue weighted by Gasteiger charge is 2.15. The highest BCUT2D eigenvalue weighted by molar-refractivity contribution is 9.10. The average molecular weight is 284 g/mol. The minimum atomic E-state index is 1.06. The number of hydrogen-bond acceptors (Lipinski definition) is 3. The van der Waals surface area contributed by atoms with Crippen molar-refractivity contribution in [1.29, 1.82) is 0 Å². The van der Waals surface area contributed by atoms with Gasteiger partial charge in [0.25, 0.3) is 0 Å². The molecule has 0 radical (unpaired) electrons. The van der Waals surface area contributed by atoms with Gasteiger partial charge in [0.05, 0.1) is 0 Å². The second-order valence-corrected chi connectivity index (χ2v) is 5.35. The van der Waals surface area contributed by atoms with Gasteiger partial charge in [-0.3, -0.25) is 0 Å². The largest absolute Gasteiger partial charge is 0.355 e. The minimum Gasteiger partial charge on any atom is -0.355 e. The summed E-state index contributed by atoms with van der Waals surface area (Å²) < 4.78 is 1.06. The molecule has 1 aliphatic heterocycles. The summed E-state index contributed by atoms with van der Waals surface area (Å²) in [5, 5.41) is 0. The van der Waals surface area contributed by atoms with E-state index < -0.39 is 0 Å². The van der Waals surface area contributed by atoms with E-state index in [4.69, 9.17) is 0 Å². The first-order valence-electron chi connectivity index (χ1n) is 5.72. The SMILES string of the molecule is Cc1cc(Br)cnc1N1CCCN(C)CC1. The van der Waals surface area contributed by atoms with Gasteiger partial charge in [-0.2, -0.15) is 0 Å². The van der Waals surface area contributed by atoms with Crippen molar-refractivity contribution < 1.29 is 0 Å². The molecule has 4 heteroatoms. The second kappa shape index (κ2) is 5.15. The number of aryl methyl sites for hydroxylation is 1. The van der Waals surface area contributed by atoms with Crippen LogP contribution >= 0.6 is 15.9 Å². The summed E-state index contributed by atoms with van der Waals surface area (Å²) in [5.41, 5.74) is 1.25. The predicted molar refractivity (Wildman–Crippen MR) is 71.0 cm³/mol. The Hall–Kier alpha value is -0.610. The van der Waals surface area contributed by atoms with Gasteiger partial charge >= 0.3 is 0 Å². The molecule has 1 saturated heterocycles. The first-order valence-corrected chi connectivity index (χ1v) is 6.52. The van der Waals surface area contributed by atoms with Gasteiger partial charge in [0.15, 0.2) is 0 Å². The van der Waals surface area contributed by atoms with Gasteiger partial charge in [-0.25, -0.2) is 4.98 Å². The van der Waals surface area contributed by atoms with Gasteiger partial charge < -0.3 is 9.80 Å². The van der Waals surface area contributed by atoms with Crippen LogP contribution < -0.4 is 4.90 Å². The van der Waals surface area contributed by atoms with Crippen molar-refractivity contribution >= 4 is 21.7 Å². The molecule has 0 unspecified atom stereocenters. The van der Waals surface area contributed by atoms with Crippen LogP contribution in [0.3, 0.4) is 0 Å². The van der Waals surface area contributed by atoms with Crippen LogP contribution in [-0.4, -0.2) is 43.1 Å². The zero-order valence-corrected chi connectivity index (χ0v) is 11.5. The van der Waals surface area contributed by atoms with Gasteiger partial charge in [0.2, 0.25) is 0 Å². The van der Waals surface area contributed by atoms with Crippen LogP contribution in [0.4, 0.5) is 5.82 Å². The van der Waals surface area contributed by atoms with Gasteiger partial charge in [-0.15, -0.1) is 0 Å². The zero-order chi connectivity index (χ0) is 11.5. The van der Waals surface area contributed by atoms with E-state index >= 15 is 0 Å². The molecule has 1 aromatic heterocycles. The van der Waals surface area contributed by atoms with Crippen LogP contribution in [0.15, 0.2) is 16.7 Å². The van der Waals surface area contributed by atoms with E-state index in [0.717, 1.165) is 29.9 Å². The van der Waals surface area contributed by atoms with E-state index in [9.17, 15) is 0 Å². The van der Waals surface area contributed by atoms with Crippen molar-refractivity contribution in [3.8, 4) is 0 Å². The molecule has 88 valence electrons. The highest BCUT2D eigenvalue weighted by Crippen LogP contribution is 2.21. The standard InChI is InChI=1S/C12H18BrN3/c1-10-8-11(13)9-14-12(10)16-5-3-4-15(2)6-7-16/h8-9H,3-7H2,1-2H3. The molecule has 16 heavy (non-hydrogen) atoms. The molecule has 1 aromatic rings. The number of hydrogen-bond donors (Lipinski definition) is 0. The van der Waals surface area contributed by atoms with Crippen molar-refractivity contribution in [2.24, 2.45) is 0 Å². The molecular formula is C12H18BrN3. The van der Waals surface area contributed by atoms with E-state index in [-0.39, 0.29) is 0 Å². The summed E-state index contributed by atoms with van der Waals surface area (Å²) in [4.78, 5) is 9.31. The fourth-order valence-corrected chi connectivity index (χ4v) is 2.57. The fraction of sp³-hybridized carbons (Fsp3) is 0.583. The molecule has 0 spiro atoms. The summed E-state index contributed by atoms with van der Waals surface area (Å²) >= 11 is 3.46. The van der Waals surface area contributed by atoms with Crippen LogP contribution in [0.1, 0.15) is 12.0 Å². The van der Waals surface area contributed by atoms with E-state index in [0.29, 0.717) is 0 Å². The Morgan fingerprint density at radius 2 is 2.06 bits per heavy atom. The minimum absolute atomic E-state index is 1.06. The third kappa shape index (κ3) is 2.74. The summed E-state index contributed by atoms with van der Waals surface area (Å²) in [5.74, 6) is 1.14. The van der Waals surface area contributed by atoms with Crippen molar-refractivity contribution in [1.82, 2.24) is 9.88 Å². The summed E-state index contributed by atoms with van der Waals surface area (Å²) in [7, 11) is 2.19. The Kier molecular flexibility index (Phi) is 3.82. The lowest BCUT2D eigenvalue weighted by Gasteiger charge is -2.23. The molecule has 0 aliphatic carbocycles. The number of likely N-dealkylation sites (N-methyl/N-ethyl adjacent to an activating group) is 1. The highest BCUT2D eigenvalue weighted by atomic mass is 79.9. The zero-order valence-electron chi connectivity index (χ0n) is 9.91. The third-order valence-corrected chi connectivity index (χ3v) is 3.47. The lowest BCUT2D eigenvalue weighted by Crippen LogP contribution is -2.29. The van der Waals surface area contributed by atoms with Crippen molar-refractivity contribution in [3.05, 3.63) is 22.3 Å². The summed E-state index contributed by atoms with van der Waals surface area (Å²) in [6, 6.07) is 2.14.